The van der Waals surface area contributed by atoms with Crippen LogP contribution in [-0.4, -0.2) is 37.9 Å². The second kappa shape index (κ2) is 6.21. The Balaban J connectivity index is 2.80. The number of carbonyl (C=O) groups is 2. The first-order chi connectivity index (χ1) is 8.43. The topological polar surface area (TPSA) is 40.6 Å². The number of anilines is 1. The number of hydrogen-bond acceptors (Lipinski definition) is 2. The molecule has 0 saturated carbocycles. The molecule has 1 aromatic rings. The van der Waals surface area contributed by atoms with Gasteiger partial charge in [-0.3, -0.25) is 9.59 Å². The van der Waals surface area contributed by atoms with Gasteiger partial charge in [0.25, 0.3) is 5.91 Å². The van der Waals surface area contributed by atoms with Crippen molar-refractivity contribution in [3.8, 4) is 0 Å². The third-order valence-corrected chi connectivity index (χ3v) is 2.67. The molecule has 2 amide bonds. The molecule has 1 rings (SSSR count). The lowest BCUT2D eigenvalue weighted by atomic mass is 10.3. The molecule has 0 saturated heterocycles. The molecule has 96 valence electrons. The zero-order chi connectivity index (χ0) is 13.7. The van der Waals surface area contributed by atoms with Crippen molar-refractivity contribution < 1.29 is 9.59 Å². The minimum absolute atomic E-state index is 0.240. The Hall–Kier alpha value is -1.81. The number of halogens is 1. The van der Waals surface area contributed by atoms with Gasteiger partial charge in [-0.25, -0.2) is 0 Å². The Morgan fingerprint density at radius 3 is 2.17 bits per heavy atom. The Kier molecular flexibility index (Phi) is 4.92. The number of hydrogen-bond donors (Lipinski definition) is 0. The quantitative estimate of drug-likeness (QED) is 0.785. The summed E-state index contributed by atoms with van der Waals surface area (Å²) in [6, 6.07) is 7.02. The highest BCUT2D eigenvalue weighted by Crippen LogP contribution is 2.24. The van der Waals surface area contributed by atoms with Crippen LogP contribution in [0.15, 0.2) is 36.4 Å². The maximum Gasteiger partial charge on any atom is 0.250 e. The molecule has 18 heavy (non-hydrogen) atoms. The molecule has 0 N–H and O–H groups in total. The summed E-state index contributed by atoms with van der Waals surface area (Å²) in [5.41, 5.74) is 0.603. The molecule has 4 nitrogen and oxygen atoms in total. The predicted molar refractivity (Wildman–Crippen MR) is 72.7 cm³/mol. The lowest BCUT2D eigenvalue weighted by molar-refractivity contribution is -0.124. The summed E-state index contributed by atoms with van der Waals surface area (Å²) in [4.78, 5) is 25.9. The fourth-order valence-corrected chi connectivity index (χ4v) is 1.51. The Morgan fingerprint density at radius 1 is 1.06 bits per heavy atom. The molecule has 0 heterocycles. The number of carbonyl (C=O) groups excluding carboxylic acids is 2. The van der Waals surface area contributed by atoms with Gasteiger partial charge in [0, 0.05) is 33.3 Å². The Bertz CT molecular complexity index is 484. The molecule has 0 unspecified atom stereocenters. The van der Waals surface area contributed by atoms with Crippen LogP contribution in [0.2, 0.25) is 5.02 Å². The van der Waals surface area contributed by atoms with Gasteiger partial charge in [0.1, 0.15) is 0 Å². The van der Waals surface area contributed by atoms with Gasteiger partial charge in [-0.05, 0) is 12.1 Å². The minimum atomic E-state index is -0.307. The van der Waals surface area contributed by atoms with Gasteiger partial charge in [0.15, 0.2) is 0 Å². The van der Waals surface area contributed by atoms with E-state index in [1.54, 1.807) is 45.4 Å². The second-order valence-corrected chi connectivity index (χ2v) is 4.32. The number of rotatable bonds is 3. The highest BCUT2D eigenvalue weighted by Gasteiger charge is 2.11. The van der Waals surface area contributed by atoms with E-state index in [1.807, 2.05) is 0 Å². The van der Waals surface area contributed by atoms with Gasteiger partial charge in [0.2, 0.25) is 5.91 Å². The lowest BCUT2D eigenvalue weighted by Crippen LogP contribution is -2.25. The Labute approximate surface area is 111 Å². The number of para-hydroxylation sites is 1. The summed E-state index contributed by atoms with van der Waals surface area (Å²) in [7, 11) is 4.85. The zero-order valence-corrected chi connectivity index (χ0v) is 11.3. The molecular weight excluding hydrogens is 252 g/mol. The minimum Gasteiger partial charge on any atom is -0.345 e. The highest BCUT2D eigenvalue weighted by atomic mass is 35.5. The van der Waals surface area contributed by atoms with Crippen molar-refractivity contribution in [1.82, 2.24) is 4.90 Å². The van der Waals surface area contributed by atoms with Crippen molar-refractivity contribution in [2.24, 2.45) is 0 Å². The Morgan fingerprint density at radius 2 is 1.61 bits per heavy atom. The normalized spacial score (nSPS) is 10.4. The second-order valence-electron chi connectivity index (χ2n) is 3.91. The maximum atomic E-state index is 11.8. The van der Waals surface area contributed by atoms with Gasteiger partial charge in [-0.15, -0.1) is 0 Å². The van der Waals surface area contributed by atoms with E-state index in [0.717, 1.165) is 0 Å². The zero-order valence-electron chi connectivity index (χ0n) is 10.6. The number of nitrogens with zero attached hydrogens (tertiary/aromatic N) is 2. The molecule has 0 aliphatic rings. The van der Waals surface area contributed by atoms with E-state index in [9.17, 15) is 9.59 Å². The van der Waals surface area contributed by atoms with Crippen molar-refractivity contribution in [2.45, 2.75) is 0 Å². The van der Waals surface area contributed by atoms with Crippen molar-refractivity contribution in [3.63, 3.8) is 0 Å². The summed E-state index contributed by atoms with van der Waals surface area (Å²) in [6.07, 6.45) is 2.46. The molecular formula is C13H15ClN2O2. The summed E-state index contributed by atoms with van der Waals surface area (Å²) >= 11 is 5.98. The van der Waals surface area contributed by atoms with Crippen LogP contribution >= 0.6 is 11.6 Å². The number of benzene rings is 1. The van der Waals surface area contributed by atoms with E-state index in [1.165, 1.54) is 22.0 Å². The molecule has 0 bridgehead atoms. The van der Waals surface area contributed by atoms with E-state index in [2.05, 4.69) is 0 Å². The van der Waals surface area contributed by atoms with Crippen molar-refractivity contribution in [1.29, 1.82) is 0 Å². The van der Waals surface area contributed by atoms with Crippen LogP contribution in [0.5, 0.6) is 0 Å². The van der Waals surface area contributed by atoms with Crippen molar-refractivity contribution >= 4 is 29.1 Å². The van der Waals surface area contributed by atoms with Gasteiger partial charge in [-0.2, -0.15) is 0 Å². The lowest BCUT2D eigenvalue weighted by Gasteiger charge is -2.16. The highest BCUT2D eigenvalue weighted by molar-refractivity contribution is 6.34. The van der Waals surface area contributed by atoms with E-state index in [-0.39, 0.29) is 11.8 Å². The summed E-state index contributed by atoms with van der Waals surface area (Å²) in [6.45, 7) is 0. The first kappa shape index (κ1) is 14.3. The fourth-order valence-electron chi connectivity index (χ4n) is 1.25. The largest absolute Gasteiger partial charge is 0.345 e. The summed E-state index contributed by atoms with van der Waals surface area (Å²) in [5, 5.41) is 0.487. The van der Waals surface area contributed by atoms with E-state index in [4.69, 9.17) is 11.6 Å². The average molecular weight is 267 g/mol. The predicted octanol–water partition coefficient (Wildman–Crippen LogP) is 1.95. The molecule has 1 aromatic carbocycles. The van der Waals surface area contributed by atoms with E-state index in [0.29, 0.717) is 10.7 Å². The molecule has 0 atom stereocenters. The standard InChI is InChI=1S/C13H15ClN2O2/c1-15(2)12(17)8-9-13(18)16(3)11-7-5-4-6-10(11)14/h4-9H,1-3H3/b9-8+. The monoisotopic (exact) mass is 266 g/mol. The van der Waals surface area contributed by atoms with E-state index < -0.39 is 0 Å². The molecule has 5 heteroatoms. The van der Waals surface area contributed by atoms with Crippen LogP contribution in [0.4, 0.5) is 5.69 Å². The van der Waals surface area contributed by atoms with Gasteiger partial charge in [0.05, 0.1) is 10.7 Å². The van der Waals surface area contributed by atoms with Gasteiger partial charge < -0.3 is 9.80 Å². The first-order valence-electron chi connectivity index (χ1n) is 5.35. The molecule has 0 radical (unpaired) electrons. The van der Waals surface area contributed by atoms with Gasteiger partial charge >= 0.3 is 0 Å². The van der Waals surface area contributed by atoms with Crippen molar-refractivity contribution in [2.75, 3.05) is 26.0 Å². The van der Waals surface area contributed by atoms with Crippen LogP contribution in [-0.2, 0) is 9.59 Å². The molecule has 0 aromatic heterocycles. The summed E-state index contributed by atoms with van der Waals surface area (Å²) < 4.78 is 0. The average Bonchev–Trinajstić information content (AvgIpc) is 2.35. The van der Waals surface area contributed by atoms with Crippen LogP contribution < -0.4 is 4.90 Å². The molecule has 0 spiro atoms. The summed E-state index contributed by atoms with van der Waals surface area (Å²) in [5.74, 6) is -0.547. The molecule has 0 fully saturated rings. The van der Waals surface area contributed by atoms with Crippen LogP contribution in [0.1, 0.15) is 0 Å². The van der Waals surface area contributed by atoms with Crippen LogP contribution in [0.25, 0.3) is 0 Å². The van der Waals surface area contributed by atoms with Crippen molar-refractivity contribution in [3.05, 3.63) is 41.4 Å². The van der Waals surface area contributed by atoms with E-state index >= 15 is 0 Å². The first-order valence-corrected chi connectivity index (χ1v) is 5.73. The van der Waals surface area contributed by atoms with Crippen LogP contribution in [0, 0.1) is 0 Å². The third-order valence-electron chi connectivity index (χ3n) is 2.35. The fraction of sp³-hybridized carbons (Fsp3) is 0.231. The van der Waals surface area contributed by atoms with Gasteiger partial charge in [-0.1, -0.05) is 23.7 Å². The molecule has 0 aliphatic carbocycles. The maximum absolute atomic E-state index is 11.8. The van der Waals surface area contributed by atoms with Crippen LogP contribution in [0.3, 0.4) is 0 Å². The molecule has 0 aliphatic heterocycles. The number of likely N-dealkylation sites (N-methyl/N-ethyl adjacent to an activating group) is 2. The SMILES string of the molecule is CN(C)C(=O)/C=C/C(=O)N(C)c1ccccc1Cl. The number of amides is 2. The smallest absolute Gasteiger partial charge is 0.250 e. The third kappa shape index (κ3) is 3.60.